The Morgan fingerprint density at radius 1 is 1.17 bits per heavy atom. The van der Waals surface area contributed by atoms with Crippen molar-refractivity contribution >= 4 is 17.3 Å². The number of ether oxygens (including phenoxy) is 1. The van der Waals surface area contributed by atoms with Gasteiger partial charge in [-0.3, -0.25) is 14.9 Å². The van der Waals surface area contributed by atoms with Gasteiger partial charge in [0.05, 0.1) is 23.2 Å². The van der Waals surface area contributed by atoms with Gasteiger partial charge >= 0.3 is 0 Å². The van der Waals surface area contributed by atoms with Crippen molar-refractivity contribution in [1.82, 2.24) is 0 Å². The maximum Gasteiger partial charge on any atom is 0.273 e. The molecule has 6 nitrogen and oxygen atoms in total. The summed E-state index contributed by atoms with van der Waals surface area (Å²) in [5.41, 5.74) is 0.386. The highest BCUT2D eigenvalue weighted by atomic mass is 16.6. The standard InChI is InChI=1S/C17H16N2O4/c1-17(2)16(20)18(11-12-6-4-3-5-7-12)14-9-8-13(19(21)22)10-15(14)23-17/h3-10H,11H2,1-2H3. The van der Waals surface area contributed by atoms with E-state index in [0.717, 1.165) is 5.56 Å². The fourth-order valence-corrected chi connectivity index (χ4v) is 2.60. The molecule has 1 aliphatic heterocycles. The summed E-state index contributed by atoms with van der Waals surface area (Å²) in [5, 5.41) is 11.0. The summed E-state index contributed by atoms with van der Waals surface area (Å²) in [6.45, 7) is 3.71. The summed E-state index contributed by atoms with van der Waals surface area (Å²) in [4.78, 5) is 24.8. The molecule has 0 saturated carbocycles. The molecule has 0 radical (unpaired) electrons. The normalized spacial score (nSPS) is 15.7. The zero-order chi connectivity index (χ0) is 16.6. The minimum atomic E-state index is -1.07. The highest BCUT2D eigenvalue weighted by Crippen LogP contribution is 2.40. The molecule has 0 aromatic heterocycles. The molecular formula is C17H16N2O4. The van der Waals surface area contributed by atoms with E-state index in [9.17, 15) is 14.9 Å². The summed E-state index contributed by atoms with van der Waals surface area (Å²) < 4.78 is 5.69. The third-order valence-electron chi connectivity index (χ3n) is 3.75. The first-order chi connectivity index (χ1) is 10.9. The van der Waals surface area contributed by atoms with Gasteiger partial charge in [-0.05, 0) is 25.5 Å². The first-order valence-electron chi connectivity index (χ1n) is 7.22. The second-order valence-electron chi connectivity index (χ2n) is 5.90. The zero-order valence-electron chi connectivity index (χ0n) is 12.9. The number of nitro benzene ring substituents is 1. The van der Waals surface area contributed by atoms with Crippen LogP contribution in [0.1, 0.15) is 19.4 Å². The molecule has 1 amide bonds. The van der Waals surface area contributed by atoms with Crippen LogP contribution in [0.15, 0.2) is 48.5 Å². The molecule has 1 heterocycles. The van der Waals surface area contributed by atoms with Gasteiger partial charge in [0.2, 0.25) is 0 Å². The van der Waals surface area contributed by atoms with E-state index in [0.29, 0.717) is 18.0 Å². The zero-order valence-corrected chi connectivity index (χ0v) is 12.9. The van der Waals surface area contributed by atoms with Crippen LogP contribution in [0.2, 0.25) is 0 Å². The Bertz CT molecular complexity index is 771. The Morgan fingerprint density at radius 2 is 1.87 bits per heavy atom. The van der Waals surface area contributed by atoms with Gasteiger partial charge in [0, 0.05) is 6.07 Å². The monoisotopic (exact) mass is 312 g/mol. The van der Waals surface area contributed by atoms with Gasteiger partial charge in [0.1, 0.15) is 0 Å². The van der Waals surface area contributed by atoms with Crippen LogP contribution in [0.5, 0.6) is 5.75 Å². The summed E-state index contributed by atoms with van der Waals surface area (Å²) in [6.07, 6.45) is 0. The van der Waals surface area contributed by atoms with Gasteiger partial charge < -0.3 is 9.64 Å². The lowest BCUT2D eigenvalue weighted by molar-refractivity contribution is -0.385. The van der Waals surface area contributed by atoms with Crippen LogP contribution < -0.4 is 9.64 Å². The highest BCUT2D eigenvalue weighted by Gasteiger charge is 2.41. The molecule has 0 unspecified atom stereocenters. The second-order valence-corrected chi connectivity index (χ2v) is 5.90. The van der Waals surface area contributed by atoms with Gasteiger partial charge in [-0.25, -0.2) is 0 Å². The molecule has 0 fully saturated rings. The molecule has 118 valence electrons. The topological polar surface area (TPSA) is 72.7 Å². The molecule has 0 bridgehead atoms. The van der Waals surface area contributed by atoms with E-state index in [1.165, 1.54) is 12.1 Å². The van der Waals surface area contributed by atoms with Crippen molar-refractivity contribution < 1.29 is 14.5 Å². The molecule has 23 heavy (non-hydrogen) atoms. The van der Waals surface area contributed by atoms with E-state index in [1.54, 1.807) is 24.8 Å². The van der Waals surface area contributed by atoms with Crippen LogP contribution in [0.25, 0.3) is 0 Å². The number of hydrogen-bond donors (Lipinski definition) is 0. The molecule has 0 spiro atoms. The number of fused-ring (bicyclic) bond motifs is 1. The fourth-order valence-electron chi connectivity index (χ4n) is 2.60. The Labute approximate surface area is 133 Å². The number of hydrogen-bond acceptors (Lipinski definition) is 4. The SMILES string of the molecule is CC1(C)Oc2cc([N+](=O)[O-])ccc2N(Cc2ccccc2)C1=O. The second kappa shape index (κ2) is 5.39. The van der Waals surface area contributed by atoms with E-state index in [1.807, 2.05) is 30.3 Å². The molecule has 2 aromatic rings. The Morgan fingerprint density at radius 3 is 2.52 bits per heavy atom. The number of nitrogens with zero attached hydrogens (tertiary/aromatic N) is 2. The summed E-state index contributed by atoms with van der Waals surface area (Å²) in [7, 11) is 0. The van der Waals surface area contributed by atoms with Crippen LogP contribution in [0.3, 0.4) is 0 Å². The molecule has 0 saturated heterocycles. The van der Waals surface area contributed by atoms with Crippen molar-refractivity contribution in [2.75, 3.05) is 4.90 Å². The van der Waals surface area contributed by atoms with Gasteiger partial charge in [-0.15, -0.1) is 0 Å². The lowest BCUT2D eigenvalue weighted by Crippen LogP contribution is -2.52. The minimum absolute atomic E-state index is 0.0615. The predicted octanol–water partition coefficient (Wildman–Crippen LogP) is 3.30. The Hall–Kier alpha value is -2.89. The number of anilines is 1. The maximum absolute atomic E-state index is 12.7. The van der Waals surface area contributed by atoms with Gasteiger partial charge in [-0.1, -0.05) is 30.3 Å². The smallest absolute Gasteiger partial charge is 0.273 e. The Balaban J connectivity index is 2.05. The van der Waals surface area contributed by atoms with Crippen LogP contribution in [-0.2, 0) is 11.3 Å². The summed E-state index contributed by atoms with van der Waals surface area (Å²) in [5.74, 6) is 0.169. The van der Waals surface area contributed by atoms with Crippen LogP contribution in [-0.4, -0.2) is 16.4 Å². The van der Waals surface area contributed by atoms with E-state index < -0.39 is 10.5 Å². The third kappa shape index (κ3) is 2.75. The lowest BCUT2D eigenvalue weighted by Gasteiger charge is -2.38. The molecular weight excluding hydrogens is 296 g/mol. The number of nitro groups is 1. The maximum atomic E-state index is 12.7. The fraction of sp³-hybridized carbons (Fsp3) is 0.235. The predicted molar refractivity (Wildman–Crippen MR) is 85.4 cm³/mol. The number of carbonyl (C=O) groups excluding carboxylic acids is 1. The number of amides is 1. The van der Waals surface area contributed by atoms with E-state index in [2.05, 4.69) is 0 Å². The van der Waals surface area contributed by atoms with E-state index in [-0.39, 0.29) is 11.6 Å². The van der Waals surface area contributed by atoms with Gasteiger partial charge in [0.25, 0.3) is 11.6 Å². The average Bonchev–Trinajstić information content (AvgIpc) is 2.52. The summed E-state index contributed by atoms with van der Waals surface area (Å²) >= 11 is 0. The molecule has 2 aromatic carbocycles. The molecule has 0 atom stereocenters. The van der Waals surface area contributed by atoms with Crippen molar-refractivity contribution in [1.29, 1.82) is 0 Å². The molecule has 0 N–H and O–H groups in total. The van der Waals surface area contributed by atoms with Gasteiger partial charge in [-0.2, -0.15) is 0 Å². The van der Waals surface area contributed by atoms with Crippen LogP contribution in [0.4, 0.5) is 11.4 Å². The van der Waals surface area contributed by atoms with E-state index in [4.69, 9.17) is 4.74 Å². The number of non-ortho nitro benzene ring substituents is 1. The first kappa shape index (κ1) is 15.0. The highest BCUT2D eigenvalue weighted by molar-refractivity contribution is 6.02. The molecule has 0 aliphatic carbocycles. The minimum Gasteiger partial charge on any atom is -0.476 e. The largest absolute Gasteiger partial charge is 0.476 e. The van der Waals surface area contributed by atoms with Crippen molar-refractivity contribution in [2.45, 2.75) is 26.0 Å². The van der Waals surface area contributed by atoms with Gasteiger partial charge in [0.15, 0.2) is 11.4 Å². The number of benzene rings is 2. The van der Waals surface area contributed by atoms with Crippen molar-refractivity contribution in [3.8, 4) is 5.75 Å². The van der Waals surface area contributed by atoms with Crippen LogP contribution in [0, 0.1) is 10.1 Å². The van der Waals surface area contributed by atoms with Crippen LogP contribution >= 0.6 is 0 Å². The average molecular weight is 312 g/mol. The number of rotatable bonds is 3. The molecule has 6 heteroatoms. The summed E-state index contributed by atoms with van der Waals surface area (Å²) in [6, 6.07) is 13.9. The number of carbonyl (C=O) groups is 1. The van der Waals surface area contributed by atoms with Crippen molar-refractivity contribution in [3.63, 3.8) is 0 Å². The molecule has 1 aliphatic rings. The quantitative estimate of drug-likeness (QED) is 0.644. The van der Waals surface area contributed by atoms with Crippen molar-refractivity contribution in [2.24, 2.45) is 0 Å². The first-order valence-corrected chi connectivity index (χ1v) is 7.22. The van der Waals surface area contributed by atoms with Crippen molar-refractivity contribution in [3.05, 3.63) is 64.2 Å². The third-order valence-corrected chi connectivity index (χ3v) is 3.75. The Kier molecular flexibility index (Phi) is 3.52. The lowest BCUT2D eigenvalue weighted by atomic mass is 10.0. The molecule has 3 rings (SSSR count). The van der Waals surface area contributed by atoms with E-state index >= 15 is 0 Å².